The van der Waals surface area contributed by atoms with Crippen molar-refractivity contribution in [3.8, 4) is 5.75 Å². The van der Waals surface area contributed by atoms with Gasteiger partial charge in [-0.2, -0.15) is 5.10 Å². The average Bonchev–Trinajstić information content (AvgIpc) is 3.49. The summed E-state index contributed by atoms with van der Waals surface area (Å²) in [5.41, 5.74) is 1.66. The number of carbonyl (C=O) groups is 1. The Bertz CT molecular complexity index is 1360. The van der Waals surface area contributed by atoms with Crippen molar-refractivity contribution in [3.63, 3.8) is 0 Å². The molecule has 0 fully saturated rings. The number of hydrogen-bond donors (Lipinski definition) is 0. The second-order valence-electron chi connectivity index (χ2n) is 7.73. The zero-order chi connectivity index (χ0) is 24.1. The Kier molecular flexibility index (Phi) is 7.28. The highest BCUT2D eigenvalue weighted by Crippen LogP contribution is 2.34. The Morgan fingerprint density at radius 3 is 2.65 bits per heavy atom. The molecule has 0 aliphatic rings. The summed E-state index contributed by atoms with van der Waals surface area (Å²) < 4.78 is 33.9. The highest BCUT2D eigenvalue weighted by Gasteiger charge is 2.24. The highest BCUT2D eigenvalue weighted by atomic mass is 32.2. The number of thiazole rings is 1. The van der Waals surface area contributed by atoms with Crippen molar-refractivity contribution in [3.05, 3.63) is 66.5 Å². The minimum Gasteiger partial charge on any atom is -0.492 e. The topological polar surface area (TPSA) is 94.4 Å². The number of ether oxygens (including phenoxy) is 1. The number of aromatic nitrogens is 3. The lowest BCUT2D eigenvalue weighted by atomic mass is 10.2. The van der Waals surface area contributed by atoms with Gasteiger partial charge in [0.05, 0.1) is 28.5 Å². The molecule has 1 amide bonds. The second-order valence-corrected chi connectivity index (χ2v) is 10.8. The Balaban J connectivity index is 1.58. The van der Waals surface area contributed by atoms with Crippen LogP contribution in [0.4, 0.5) is 5.13 Å². The van der Waals surface area contributed by atoms with Crippen molar-refractivity contribution in [1.29, 1.82) is 0 Å². The fraction of sp³-hybridized carbons (Fsp3) is 0.292. The molecule has 0 saturated heterocycles. The maximum absolute atomic E-state index is 13.3. The summed E-state index contributed by atoms with van der Waals surface area (Å²) in [5.74, 6) is 0.0752. The third-order valence-electron chi connectivity index (χ3n) is 5.28. The number of aryl methyl sites for hydroxylation is 1. The zero-order valence-electron chi connectivity index (χ0n) is 19.0. The molecule has 0 saturated carbocycles. The van der Waals surface area contributed by atoms with Crippen molar-refractivity contribution in [2.45, 2.75) is 31.7 Å². The van der Waals surface area contributed by atoms with E-state index in [1.807, 2.05) is 44.3 Å². The number of amides is 1. The lowest BCUT2D eigenvalue weighted by Gasteiger charge is -2.20. The molecular weight excluding hydrogens is 472 g/mol. The van der Waals surface area contributed by atoms with E-state index >= 15 is 0 Å². The number of hydrogen-bond acceptors (Lipinski definition) is 7. The van der Waals surface area contributed by atoms with Gasteiger partial charge in [0, 0.05) is 25.4 Å². The van der Waals surface area contributed by atoms with Crippen LogP contribution < -0.4 is 9.64 Å². The van der Waals surface area contributed by atoms with E-state index in [4.69, 9.17) is 4.74 Å². The van der Waals surface area contributed by atoms with Gasteiger partial charge in [-0.05, 0) is 44.2 Å². The summed E-state index contributed by atoms with van der Waals surface area (Å²) in [6.45, 7) is 5.07. The molecule has 2 aromatic heterocycles. The van der Waals surface area contributed by atoms with Gasteiger partial charge in [0.2, 0.25) is 5.91 Å². The molecule has 34 heavy (non-hydrogen) atoms. The first-order valence-electron chi connectivity index (χ1n) is 11.0. The molecule has 4 aromatic rings. The van der Waals surface area contributed by atoms with Gasteiger partial charge in [-0.15, -0.1) is 0 Å². The molecule has 0 radical (unpaired) electrons. The van der Waals surface area contributed by atoms with E-state index < -0.39 is 9.84 Å². The number of fused-ring (bicyclic) bond motifs is 1. The molecule has 2 aromatic carbocycles. The van der Waals surface area contributed by atoms with Crippen molar-refractivity contribution < 1.29 is 17.9 Å². The van der Waals surface area contributed by atoms with E-state index in [9.17, 15) is 13.2 Å². The normalized spacial score (nSPS) is 11.6. The predicted octanol–water partition coefficient (Wildman–Crippen LogP) is 4.10. The minimum atomic E-state index is -3.59. The second kappa shape index (κ2) is 10.4. The molecule has 0 atom stereocenters. The summed E-state index contributed by atoms with van der Waals surface area (Å²) in [5, 5.41) is 4.71. The Morgan fingerprint density at radius 2 is 1.94 bits per heavy atom. The van der Waals surface area contributed by atoms with Gasteiger partial charge in [-0.25, -0.2) is 13.4 Å². The smallest absolute Gasteiger partial charge is 0.229 e. The molecule has 178 valence electrons. The fourth-order valence-electron chi connectivity index (χ4n) is 3.48. The number of sulfone groups is 1. The van der Waals surface area contributed by atoms with E-state index in [1.54, 1.807) is 40.0 Å². The molecule has 10 heteroatoms. The van der Waals surface area contributed by atoms with Crippen LogP contribution in [0.25, 0.3) is 10.2 Å². The van der Waals surface area contributed by atoms with Crippen molar-refractivity contribution >= 4 is 42.4 Å². The Hall–Kier alpha value is -3.24. The first-order chi connectivity index (χ1) is 16.4. The highest BCUT2D eigenvalue weighted by molar-refractivity contribution is 7.91. The third kappa shape index (κ3) is 5.45. The molecule has 0 spiro atoms. The number of carbonyl (C=O) groups excluding carboxylic acids is 1. The van der Waals surface area contributed by atoms with Crippen LogP contribution in [-0.4, -0.2) is 48.0 Å². The maximum atomic E-state index is 13.3. The average molecular weight is 499 g/mol. The number of para-hydroxylation sites is 1. The van der Waals surface area contributed by atoms with Gasteiger partial charge in [-0.3, -0.25) is 14.4 Å². The zero-order valence-corrected chi connectivity index (χ0v) is 20.7. The summed E-state index contributed by atoms with van der Waals surface area (Å²) in [4.78, 5) is 19.7. The van der Waals surface area contributed by atoms with Crippen molar-refractivity contribution in [2.24, 2.45) is 0 Å². The molecule has 0 bridgehead atoms. The number of anilines is 1. The van der Waals surface area contributed by atoms with Crippen LogP contribution in [0, 0.1) is 6.92 Å². The van der Waals surface area contributed by atoms with Crippen LogP contribution in [0.15, 0.2) is 65.8 Å². The van der Waals surface area contributed by atoms with Gasteiger partial charge >= 0.3 is 0 Å². The van der Waals surface area contributed by atoms with Gasteiger partial charge < -0.3 is 4.74 Å². The monoisotopic (exact) mass is 498 g/mol. The van der Waals surface area contributed by atoms with Gasteiger partial charge in [0.1, 0.15) is 11.3 Å². The predicted molar refractivity (Wildman–Crippen MR) is 133 cm³/mol. The fourth-order valence-corrected chi connectivity index (χ4v) is 5.74. The number of rotatable bonds is 10. The Morgan fingerprint density at radius 1 is 1.15 bits per heavy atom. The van der Waals surface area contributed by atoms with Crippen LogP contribution in [0.5, 0.6) is 5.75 Å². The van der Waals surface area contributed by atoms with E-state index in [-0.39, 0.29) is 23.0 Å². The third-order valence-corrected chi connectivity index (χ3v) is 8.05. The first-order valence-corrected chi connectivity index (χ1v) is 13.4. The maximum Gasteiger partial charge on any atom is 0.229 e. The summed E-state index contributed by atoms with van der Waals surface area (Å²) in [6.07, 6.45) is 3.34. The van der Waals surface area contributed by atoms with Gasteiger partial charge in [0.15, 0.2) is 15.0 Å². The van der Waals surface area contributed by atoms with E-state index in [0.29, 0.717) is 36.1 Å². The number of benzene rings is 2. The quantitative estimate of drug-likeness (QED) is 0.327. The lowest BCUT2D eigenvalue weighted by Crippen LogP contribution is -2.35. The molecule has 4 rings (SSSR count). The van der Waals surface area contributed by atoms with Crippen LogP contribution in [0.3, 0.4) is 0 Å². The van der Waals surface area contributed by atoms with E-state index in [1.165, 1.54) is 11.3 Å². The van der Waals surface area contributed by atoms with Crippen LogP contribution in [0.1, 0.15) is 18.9 Å². The standard InChI is InChI=1S/C24H26N4O4S2/c1-3-32-20-6-4-7-21-23(20)26-24(33-21)28(16-15-27-14-5-13-25-27)22(29)12-17-34(30,31)19-10-8-18(2)9-11-19/h4-11,13-14H,3,12,15-17H2,1-2H3. The van der Waals surface area contributed by atoms with Crippen LogP contribution >= 0.6 is 11.3 Å². The molecular formula is C24H26N4O4S2. The van der Waals surface area contributed by atoms with Crippen molar-refractivity contribution in [2.75, 3.05) is 23.8 Å². The summed E-state index contributed by atoms with van der Waals surface area (Å²) >= 11 is 1.38. The van der Waals surface area contributed by atoms with E-state index in [0.717, 1.165) is 10.3 Å². The molecule has 8 nitrogen and oxygen atoms in total. The molecule has 0 aliphatic carbocycles. The number of nitrogens with zero attached hydrogens (tertiary/aromatic N) is 4. The van der Waals surface area contributed by atoms with E-state index in [2.05, 4.69) is 10.1 Å². The lowest BCUT2D eigenvalue weighted by molar-refractivity contribution is -0.118. The summed E-state index contributed by atoms with van der Waals surface area (Å²) in [6, 6.07) is 14.1. The molecule has 0 unspecified atom stereocenters. The molecule has 0 aliphatic heterocycles. The van der Waals surface area contributed by atoms with Gasteiger partial charge in [0.25, 0.3) is 0 Å². The largest absolute Gasteiger partial charge is 0.492 e. The molecule has 2 heterocycles. The minimum absolute atomic E-state index is 0.149. The van der Waals surface area contributed by atoms with Crippen LogP contribution in [0.2, 0.25) is 0 Å². The van der Waals surface area contributed by atoms with Crippen molar-refractivity contribution in [1.82, 2.24) is 14.8 Å². The Labute approximate surface area is 202 Å². The SMILES string of the molecule is CCOc1cccc2sc(N(CCn3cccn3)C(=O)CCS(=O)(=O)c3ccc(C)cc3)nc12. The van der Waals surface area contributed by atoms with Gasteiger partial charge in [-0.1, -0.05) is 35.1 Å². The summed E-state index contributed by atoms with van der Waals surface area (Å²) in [7, 11) is -3.59. The first kappa shape index (κ1) is 23.9. The molecule has 0 N–H and O–H groups in total. The van der Waals surface area contributed by atoms with Crippen LogP contribution in [-0.2, 0) is 21.2 Å².